The van der Waals surface area contributed by atoms with Crippen LogP contribution < -0.4 is 9.47 Å². The molecule has 0 aromatic heterocycles. The number of rotatable bonds is 6. The number of hydrogen-bond acceptors (Lipinski definition) is 5. The summed E-state index contributed by atoms with van der Waals surface area (Å²) < 4.78 is 17.6. The first-order valence-corrected chi connectivity index (χ1v) is 9.37. The van der Waals surface area contributed by atoms with Crippen molar-refractivity contribution in [1.82, 2.24) is 0 Å². The third-order valence-electron chi connectivity index (χ3n) is 3.61. The topological polar surface area (TPSA) is 57.1 Å². The summed E-state index contributed by atoms with van der Waals surface area (Å²) in [6.45, 7) is 4.86. The van der Waals surface area contributed by atoms with Gasteiger partial charge in [0.05, 0.1) is 13.2 Å². The third-order valence-corrected chi connectivity index (χ3v) is 4.59. The Morgan fingerprint density at radius 3 is 2.54 bits per heavy atom. The number of esters is 1. The number of carbonyl (C=O) groups excluding carboxylic acids is 1. The van der Waals surface area contributed by atoms with Crippen LogP contribution >= 0.6 is 22.6 Å². The Morgan fingerprint density at radius 1 is 1.08 bits per heavy atom. The molecule has 1 heterocycles. The summed E-state index contributed by atoms with van der Waals surface area (Å²) in [5, 5.41) is 0. The molecule has 1 aliphatic heterocycles. The fraction of sp³-hybridized carbons (Fsp3) is 0.200. The van der Waals surface area contributed by atoms with Gasteiger partial charge < -0.3 is 14.2 Å². The predicted octanol–water partition coefficient (Wildman–Crippen LogP) is 4.43. The van der Waals surface area contributed by atoms with E-state index in [9.17, 15) is 4.79 Å². The summed E-state index contributed by atoms with van der Waals surface area (Å²) in [5.74, 6) is 1.04. The normalized spacial score (nSPS) is 15.0. The van der Waals surface area contributed by atoms with E-state index in [1.807, 2.05) is 38.1 Å². The number of benzene rings is 2. The van der Waals surface area contributed by atoms with E-state index in [2.05, 4.69) is 27.6 Å². The van der Waals surface area contributed by atoms with Gasteiger partial charge in [-0.05, 0) is 72.3 Å². The van der Waals surface area contributed by atoms with Crippen molar-refractivity contribution in [3.8, 4) is 11.5 Å². The lowest BCUT2D eigenvalue weighted by atomic mass is 10.2. The third kappa shape index (κ3) is 4.07. The Bertz CT molecular complexity index is 889. The summed E-state index contributed by atoms with van der Waals surface area (Å²) in [6, 6.07) is 13.1. The summed E-state index contributed by atoms with van der Waals surface area (Å²) >= 11 is 2.22. The molecule has 0 aliphatic carbocycles. The van der Waals surface area contributed by atoms with Gasteiger partial charge in [0.25, 0.3) is 0 Å². The van der Waals surface area contributed by atoms with Gasteiger partial charge in [0, 0.05) is 9.13 Å². The predicted molar refractivity (Wildman–Crippen MR) is 109 cm³/mol. The van der Waals surface area contributed by atoms with Crippen molar-refractivity contribution in [2.24, 2.45) is 4.99 Å². The summed E-state index contributed by atoms with van der Waals surface area (Å²) in [4.78, 5) is 16.5. The lowest BCUT2D eigenvalue weighted by Gasteiger charge is -2.11. The van der Waals surface area contributed by atoms with E-state index in [4.69, 9.17) is 14.2 Å². The second-order valence-corrected chi connectivity index (χ2v) is 6.55. The first kappa shape index (κ1) is 18.4. The number of carbonyl (C=O) groups is 1. The van der Waals surface area contributed by atoms with Crippen LogP contribution in [0.1, 0.15) is 25.0 Å². The van der Waals surface area contributed by atoms with E-state index in [0.717, 1.165) is 9.13 Å². The summed E-state index contributed by atoms with van der Waals surface area (Å²) in [7, 11) is 0. The standard InChI is InChI=1S/C20H18INO4/c1-3-24-17-10-9-14(12-18(17)25-4-2)19-22-16(20(23)26-19)11-13-7-5-6-8-15(13)21/h5-12H,3-4H2,1-2H3. The zero-order valence-electron chi connectivity index (χ0n) is 14.5. The number of aliphatic imine (C=N–C) groups is 1. The van der Waals surface area contributed by atoms with Crippen molar-refractivity contribution in [3.63, 3.8) is 0 Å². The van der Waals surface area contributed by atoms with Crippen molar-refractivity contribution < 1.29 is 19.0 Å². The molecule has 0 fully saturated rings. The van der Waals surface area contributed by atoms with Gasteiger partial charge in [-0.1, -0.05) is 18.2 Å². The maximum absolute atomic E-state index is 12.2. The fourth-order valence-corrected chi connectivity index (χ4v) is 3.00. The average Bonchev–Trinajstić information content (AvgIpc) is 2.99. The van der Waals surface area contributed by atoms with Crippen LogP contribution in [0.15, 0.2) is 53.2 Å². The molecule has 0 saturated heterocycles. The lowest BCUT2D eigenvalue weighted by Crippen LogP contribution is -2.06. The lowest BCUT2D eigenvalue weighted by molar-refractivity contribution is -0.129. The van der Waals surface area contributed by atoms with Crippen LogP contribution in [0, 0.1) is 3.57 Å². The van der Waals surface area contributed by atoms with E-state index >= 15 is 0 Å². The maximum atomic E-state index is 12.2. The first-order chi connectivity index (χ1) is 12.6. The Balaban J connectivity index is 1.93. The van der Waals surface area contributed by atoms with Gasteiger partial charge in [0.1, 0.15) is 0 Å². The minimum absolute atomic E-state index is 0.260. The molecule has 1 aliphatic rings. The van der Waals surface area contributed by atoms with E-state index in [-0.39, 0.29) is 11.6 Å². The SMILES string of the molecule is CCOc1ccc(C2=NC(=Cc3ccccc3I)C(=O)O2)cc1OCC. The van der Waals surface area contributed by atoms with E-state index in [1.165, 1.54) is 0 Å². The number of ether oxygens (including phenoxy) is 3. The molecule has 2 aromatic rings. The molecule has 0 amide bonds. The van der Waals surface area contributed by atoms with Gasteiger partial charge in [0.2, 0.25) is 5.90 Å². The highest BCUT2D eigenvalue weighted by Gasteiger charge is 2.25. The zero-order valence-corrected chi connectivity index (χ0v) is 16.6. The van der Waals surface area contributed by atoms with Crippen LogP contribution in [0.25, 0.3) is 6.08 Å². The molecule has 2 aromatic carbocycles. The van der Waals surface area contributed by atoms with Gasteiger partial charge >= 0.3 is 5.97 Å². The van der Waals surface area contributed by atoms with Crippen LogP contribution in [-0.4, -0.2) is 25.1 Å². The highest BCUT2D eigenvalue weighted by atomic mass is 127. The van der Waals surface area contributed by atoms with Crippen LogP contribution in [0.2, 0.25) is 0 Å². The van der Waals surface area contributed by atoms with Crippen LogP contribution in [-0.2, 0) is 9.53 Å². The number of halogens is 1. The zero-order chi connectivity index (χ0) is 18.5. The molecule has 26 heavy (non-hydrogen) atoms. The second-order valence-electron chi connectivity index (χ2n) is 5.39. The van der Waals surface area contributed by atoms with Crippen molar-refractivity contribution >= 4 is 40.5 Å². The number of nitrogens with zero attached hydrogens (tertiary/aromatic N) is 1. The molecule has 0 spiro atoms. The molecule has 3 rings (SSSR count). The summed E-state index contributed by atoms with van der Waals surface area (Å²) in [6.07, 6.45) is 1.73. The molecule has 5 nitrogen and oxygen atoms in total. The van der Waals surface area contributed by atoms with Crippen LogP contribution in [0.3, 0.4) is 0 Å². The van der Waals surface area contributed by atoms with Crippen molar-refractivity contribution in [2.45, 2.75) is 13.8 Å². The second kappa shape index (κ2) is 8.35. The van der Waals surface area contributed by atoms with E-state index in [0.29, 0.717) is 30.3 Å². The van der Waals surface area contributed by atoms with Gasteiger partial charge in [-0.25, -0.2) is 9.79 Å². The van der Waals surface area contributed by atoms with Crippen molar-refractivity contribution in [3.05, 3.63) is 62.9 Å². The maximum Gasteiger partial charge on any atom is 0.363 e. The van der Waals surface area contributed by atoms with Crippen LogP contribution in [0.4, 0.5) is 0 Å². The highest BCUT2D eigenvalue weighted by molar-refractivity contribution is 14.1. The molecule has 0 bridgehead atoms. The molecule has 0 unspecified atom stereocenters. The molecule has 0 radical (unpaired) electrons. The number of hydrogen-bond donors (Lipinski definition) is 0. The fourth-order valence-electron chi connectivity index (χ4n) is 2.46. The molecule has 0 saturated carbocycles. The Kier molecular flexibility index (Phi) is 5.92. The molecular weight excluding hydrogens is 445 g/mol. The smallest absolute Gasteiger partial charge is 0.363 e. The average molecular weight is 463 g/mol. The first-order valence-electron chi connectivity index (χ1n) is 8.29. The minimum atomic E-state index is -0.466. The Hall–Kier alpha value is -2.35. The monoisotopic (exact) mass is 463 g/mol. The summed E-state index contributed by atoms with van der Waals surface area (Å²) in [5.41, 5.74) is 1.86. The van der Waals surface area contributed by atoms with Crippen molar-refractivity contribution in [2.75, 3.05) is 13.2 Å². The van der Waals surface area contributed by atoms with Crippen LogP contribution in [0.5, 0.6) is 11.5 Å². The number of cyclic esters (lactones) is 1. The quantitative estimate of drug-likeness (QED) is 0.361. The van der Waals surface area contributed by atoms with E-state index in [1.54, 1.807) is 24.3 Å². The molecule has 0 atom stereocenters. The van der Waals surface area contributed by atoms with Gasteiger partial charge in [-0.3, -0.25) is 0 Å². The largest absolute Gasteiger partial charge is 0.490 e. The molecular formula is C20H18INO4. The molecule has 0 N–H and O–H groups in total. The van der Waals surface area contributed by atoms with Gasteiger partial charge in [-0.15, -0.1) is 0 Å². The Labute approximate surface area is 165 Å². The highest BCUT2D eigenvalue weighted by Crippen LogP contribution is 2.30. The molecule has 6 heteroatoms. The van der Waals surface area contributed by atoms with Gasteiger partial charge in [-0.2, -0.15) is 0 Å². The molecule has 134 valence electrons. The van der Waals surface area contributed by atoms with Gasteiger partial charge in [0.15, 0.2) is 17.2 Å². The van der Waals surface area contributed by atoms with Crippen molar-refractivity contribution in [1.29, 1.82) is 0 Å². The van der Waals surface area contributed by atoms with E-state index < -0.39 is 5.97 Å². The Morgan fingerprint density at radius 2 is 1.81 bits per heavy atom. The minimum Gasteiger partial charge on any atom is -0.490 e.